The van der Waals surface area contributed by atoms with Crippen molar-refractivity contribution in [1.82, 2.24) is 0 Å². The van der Waals surface area contributed by atoms with Crippen LogP contribution in [0, 0.1) is 0 Å². The summed E-state index contributed by atoms with van der Waals surface area (Å²) in [6.07, 6.45) is 0. The zero-order valence-electron chi connectivity index (χ0n) is 12.8. The number of rotatable bonds is 6. The van der Waals surface area contributed by atoms with Crippen LogP contribution in [0.1, 0.15) is 6.92 Å². The minimum absolute atomic E-state index is 0.371. The Morgan fingerprint density at radius 2 is 1.59 bits per heavy atom. The summed E-state index contributed by atoms with van der Waals surface area (Å²) in [6.45, 7) is 1.74. The molecule has 0 aliphatic carbocycles. The molecule has 2 rings (SSSR count). The van der Waals surface area contributed by atoms with Crippen LogP contribution in [0.4, 0.5) is 5.69 Å². The van der Waals surface area contributed by atoms with Gasteiger partial charge in [0.05, 0.1) is 14.2 Å². The van der Waals surface area contributed by atoms with Crippen molar-refractivity contribution in [2.24, 2.45) is 0 Å². The van der Waals surface area contributed by atoms with Crippen molar-refractivity contribution in [1.29, 1.82) is 0 Å². The molecule has 1 atom stereocenters. The van der Waals surface area contributed by atoms with E-state index < -0.39 is 6.04 Å². The number of methoxy groups -OCH3 is 2. The molecule has 0 aliphatic heterocycles. The molecule has 0 heterocycles. The molecule has 0 amide bonds. The third kappa shape index (κ3) is 4.15. The number of nitrogens with one attached hydrogen (secondary N) is 1. The molecule has 0 saturated carbocycles. The molecule has 2 aromatic carbocycles. The van der Waals surface area contributed by atoms with Crippen molar-refractivity contribution >= 4 is 11.7 Å². The standard InChI is InChI=1S/C17H19NO4/c1-12(18-13-7-9-14(20-2)10-8-13)17(19)22-16-6-4-5-15(11-16)21-3/h4-12,18H,1-3H3. The van der Waals surface area contributed by atoms with E-state index in [0.29, 0.717) is 11.5 Å². The lowest BCUT2D eigenvalue weighted by Crippen LogP contribution is -2.30. The van der Waals surface area contributed by atoms with E-state index in [1.165, 1.54) is 0 Å². The Labute approximate surface area is 129 Å². The second-order valence-corrected chi connectivity index (χ2v) is 4.69. The van der Waals surface area contributed by atoms with E-state index in [1.54, 1.807) is 45.4 Å². The molecule has 0 aliphatic rings. The fourth-order valence-electron chi connectivity index (χ4n) is 1.87. The monoisotopic (exact) mass is 301 g/mol. The van der Waals surface area contributed by atoms with Crippen molar-refractivity contribution in [3.05, 3.63) is 48.5 Å². The Kier molecular flexibility index (Phi) is 5.25. The first-order chi connectivity index (χ1) is 10.6. The highest BCUT2D eigenvalue weighted by molar-refractivity contribution is 5.81. The quantitative estimate of drug-likeness (QED) is 0.656. The topological polar surface area (TPSA) is 56.8 Å². The van der Waals surface area contributed by atoms with Gasteiger partial charge in [0.1, 0.15) is 23.3 Å². The molecule has 0 aromatic heterocycles. The van der Waals surface area contributed by atoms with E-state index in [1.807, 2.05) is 24.3 Å². The predicted octanol–water partition coefficient (Wildman–Crippen LogP) is 3.11. The highest BCUT2D eigenvalue weighted by Crippen LogP contribution is 2.20. The summed E-state index contributed by atoms with van der Waals surface area (Å²) in [5.74, 6) is 1.48. The molecule has 5 heteroatoms. The summed E-state index contributed by atoms with van der Waals surface area (Å²) in [6, 6.07) is 13.8. The number of carbonyl (C=O) groups excluding carboxylic acids is 1. The van der Waals surface area contributed by atoms with E-state index in [4.69, 9.17) is 14.2 Å². The Hall–Kier alpha value is -2.69. The number of anilines is 1. The molecule has 22 heavy (non-hydrogen) atoms. The zero-order valence-corrected chi connectivity index (χ0v) is 12.8. The van der Waals surface area contributed by atoms with Crippen LogP contribution >= 0.6 is 0 Å². The molecule has 0 radical (unpaired) electrons. The third-order valence-electron chi connectivity index (χ3n) is 3.09. The van der Waals surface area contributed by atoms with E-state index in [9.17, 15) is 4.79 Å². The van der Waals surface area contributed by atoms with Crippen molar-refractivity contribution < 1.29 is 19.0 Å². The molecule has 0 saturated heterocycles. The lowest BCUT2D eigenvalue weighted by molar-refractivity contribution is -0.134. The van der Waals surface area contributed by atoms with Crippen molar-refractivity contribution in [3.8, 4) is 17.2 Å². The molecule has 1 unspecified atom stereocenters. The Balaban J connectivity index is 1.96. The second-order valence-electron chi connectivity index (χ2n) is 4.69. The van der Waals surface area contributed by atoms with Gasteiger partial charge in [-0.25, -0.2) is 4.79 Å². The summed E-state index contributed by atoms with van der Waals surface area (Å²) in [4.78, 5) is 12.1. The van der Waals surface area contributed by atoms with Gasteiger partial charge in [0, 0.05) is 11.8 Å². The van der Waals surface area contributed by atoms with E-state index in [-0.39, 0.29) is 5.97 Å². The van der Waals surface area contributed by atoms with Crippen LogP contribution < -0.4 is 19.5 Å². The Bertz CT molecular complexity index is 625. The van der Waals surface area contributed by atoms with Gasteiger partial charge in [0.2, 0.25) is 0 Å². The molecular formula is C17H19NO4. The number of carbonyl (C=O) groups is 1. The van der Waals surface area contributed by atoms with Crippen LogP contribution in [0.25, 0.3) is 0 Å². The summed E-state index contributed by atoms with van der Waals surface area (Å²) in [7, 11) is 3.17. The maximum atomic E-state index is 12.1. The predicted molar refractivity (Wildman–Crippen MR) is 84.7 cm³/mol. The van der Waals surface area contributed by atoms with E-state index in [0.717, 1.165) is 11.4 Å². The summed E-state index contributed by atoms with van der Waals surface area (Å²) >= 11 is 0. The number of esters is 1. The molecule has 0 spiro atoms. The van der Waals surface area contributed by atoms with Crippen LogP contribution in [-0.2, 0) is 4.79 Å². The number of ether oxygens (including phenoxy) is 3. The summed E-state index contributed by atoms with van der Waals surface area (Å²) in [5, 5.41) is 3.08. The first-order valence-corrected chi connectivity index (χ1v) is 6.88. The molecular weight excluding hydrogens is 282 g/mol. The SMILES string of the molecule is COc1ccc(NC(C)C(=O)Oc2cccc(OC)c2)cc1. The zero-order chi connectivity index (χ0) is 15.9. The van der Waals surface area contributed by atoms with Crippen LogP contribution in [-0.4, -0.2) is 26.2 Å². The van der Waals surface area contributed by atoms with Crippen LogP contribution in [0.3, 0.4) is 0 Å². The van der Waals surface area contributed by atoms with Crippen molar-refractivity contribution in [3.63, 3.8) is 0 Å². The lowest BCUT2D eigenvalue weighted by atomic mass is 10.2. The maximum Gasteiger partial charge on any atom is 0.333 e. The lowest BCUT2D eigenvalue weighted by Gasteiger charge is -2.15. The third-order valence-corrected chi connectivity index (χ3v) is 3.09. The number of hydrogen-bond donors (Lipinski definition) is 1. The largest absolute Gasteiger partial charge is 0.497 e. The Morgan fingerprint density at radius 3 is 2.23 bits per heavy atom. The first-order valence-electron chi connectivity index (χ1n) is 6.88. The van der Waals surface area contributed by atoms with Gasteiger partial charge in [-0.15, -0.1) is 0 Å². The van der Waals surface area contributed by atoms with Gasteiger partial charge in [0.25, 0.3) is 0 Å². The van der Waals surface area contributed by atoms with Crippen LogP contribution in [0.5, 0.6) is 17.2 Å². The first kappa shape index (κ1) is 15.7. The maximum absolute atomic E-state index is 12.1. The van der Waals surface area contributed by atoms with Gasteiger partial charge in [-0.1, -0.05) is 6.07 Å². The Morgan fingerprint density at radius 1 is 0.955 bits per heavy atom. The average Bonchev–Trinajstić information content (AvgIpc) is 2.55. The van der Waals surface area contributed by atoms with Gasteiger partial charge in [0.15, 0.2) is 0 Å². The highest BCUT2D eigenvalue weighted by atomic mass is 16.5. The highest BCUT2D eigenvalue weighted by Gasteiger charge is 2.15. The summed E-state index contributed by atoms with van der Waals surface area (Å²) in [5.41, 5.74) is 0.816. The average molecular weight is 301 g/mol. The van der Waals surface area contributed by atoms with Crippen LogP contribution in [0.2, 0.25) is 0 Å². The van der Waals surface area contributed by atoms with Gasteiger partial charge in [-0.05, 0) is 43.3 Å². The molecule has 0 bridgehead atoms. The van der Waals surface area contributed by atoms with Gasteiger partial charge in [-0.3, -0.25) is 0 Å². The van der Waals surface area contributed by atoms with Gasteiger partial charge >= 0.3 is 5.97 Å². The second kappa shape index (κ2) is 7.36. The molecule has 1 N–H and O–H groups in total. The number of hydrogen-bond acceptors (Lipinski definition) is 5. The van der Waals surface area contributed by atoms with E-state index >= 15 is 0 Å². The normalized spacial score (nSPS) is 11.4. The smallest absolute Gasteiger partial charge is 0.333 e. The fraction of sp³-hybridized carbons (Fsp3) is 0.235. The summed E-state index contributed by atoms with van der Waals surface area (Å²) < 4.78 is 15.5. The van der Waals surface area contributed by atoms with Crippen molar-refractivity contribution in [2.75, 3.05) is 19.5 Å². The minimum Gasteiger partial charge on any atom is -0.497 e. The van der Waals surface area contributed by atoms with E-state index in [2.05, 4.69) is 5.32 Å². The fourth-order valence-corrected chi connectivity index (χ4v) is 1.87. The van der Waals surface area contributed by atoms with Crippen LogP contribution in [0.15, 0.2) is 48.5 Å². The minimum atomic E-state index is -0.486. The van der Waals surface area contributed by atoms with Gasteiger partial charge in [-0.2, -0.15) is 0 Å². The molecule has 116 valence electrons. The molecule has 5 nitrogen and oxygen atoms in total. The molecule has 0 fully saturated rings. The number of benzene rings is 2. The molecule has 2 aromatic rings. The van der Waals surface area contributed by atoms with Gasteiger partial charge < -0.3 is 19.5 Å². The van der Waals surface area contributed by atoms with Crippen molar-refractivity contribution in [2.45, 2.75) is 13.0 Å².